The van der Waals surface area contributed by atoms with Crippen molar-refractivity contribution in [1.82, 2.24) is 0 Å². The van der Waals surface area contributed by atoms with Crippen LogP contribution in [0.3, 0.4) is 0 Å². The summed E-state index contributed by atoms with van der Waals surface area (Å²) in [6.07, 6.45) is 0.975. The Bertz CT molecular complexity index is 773. The monoisotopic (exact) mass is 418 g/mol. The van der Waals surface area contributed by atoms with E-state index in [1.807, 2.05) is 0 Å². The topological polar surface area (TPSA) is 67.4 Å². The molecule has 0 aliphatic carbocycles. The van der Waals surface area contributed by atoms with Crippen molar-refractivity contribution in [2.75, 3.05) is 17.2 Å². The molecule has 0 saturated carbocycles. The average Bonchev–Trinajstić information content (AvgIpc) is 2.57. The summed E-state index contributed by atoms with van der Waals surface area (Å²) in [5, 5.41) is 5.51. The molecular formula is C20H23BrN2O3. The van der Waals surface area contributed by atoms with E-state index in [1.54, 1.807) is 42.5 Å². The largest absolute Gasteiger partial charge is 0.492 e. The number of nitrogens with one attached hydrogen (secondary N) is 2. The zero-order valence-electron chi connectivity index (χ0n) is 15.1. The predicted octanol–water partition coefficient (Wildman–Crippen LogP) is 5.08. The van der Waals surface area contributed by atoms with E-state index in [0.29, 0.717) is 29.5 Å². The molecular weight excluding hydrogens is 396 g/mol. The van der Waals surface area contributed by atoms with Crippen LogP contribution in [0, 0.1) is 5.92 Å². The van der Waals surface area contributed by atoms with Crippen molar-refractivity contribution in [2.45, 2.75) is 27.2 Å². The Morgan fingerprint density at radius 2 is 1.65 bits per heavy atom. The Morgan fingerprint density at radius 1 is 1.04 bits per heavy atom. The van der Waals surface area contributed by atoms with Gasteiger partial charge in [0, 0.05) is 23.9 Å². The Balaban J connectivity index is 1.98. The van der Waals surface area contributed by atoms with Gasteiger partial charge in [0.1, 0.15) is 5.75 Å². The maximum Gasteiger partial charge on any atom is 0.255 e. The molecule has 0 bridgehead atoms. The molecule has 2 amide bonds. The molecule has 2 N–H and O–H groups in total. The fourth-order valence-corrected chi connectivity index (χ4v) is 2.70. The molecule has 138 valence electrons. The minimum absolute atomic E-state index is 0.137. The van der Waals surface area contributed by atoms with Gasteiger partial charge in [0.25, 0.3) is 5.91 Å². The molecule has 26 heavy (non-hydrogen) atoms. The van der Waals surface area contributed by atoms with Gasteiger partial charge in [-0.1, -0.05) is 13.8 Å². The van der Waals surface area contributed by atoms with Crippen LogP contribution in [0.25, 0.3) is 0 Å². The molecule has 0 radical (unpaired) electrons. The van der Waals surface area contributed by atoms with Crippen LogP contribution in [0.4, 0.5) is 11.4 Å². The number of carbonyl (C=O) groups excluding carboxylic acids is 2. The zero-order chi connectivity index (χ0) is 19.1. The van der Waals surface area contributed by atoms with Crippen LogP contribution in [0.15, 0.2) is 46.9 Å². The van der Waals surface area contributed by atoms with Crippen LogP contribution in [0.5, 0.6) is 5.75 Å². The first kappa shape index (κ1) is 20.0. The molecule has 5 nitrogen and oxygen atoms in total. The van der Waals surface area contributed by atoms with Crippen molar-refractivity contribution >= 4 is 39.1 Å². The summed E-state index contributed by atoms with van der Waals surface area (Å²) in [6, 6.07) is 12.2. The number of rotatable bonds is 7. The first-order chi connectivity index (χ1) is 12.3. The van der Waals surface area contributed by atoms with E-state index in [-0.39, 0.29) is 11.8 Å². The zero-order valence-corrected chi connectivity index (χ0v) is 16.7. The molecule has 2 aromatic carbocycles. The Morgan fingerprint density at radius 3 is 2.19 bits per heavy atom. The first-order valence-electron chi connectivity index (χ1n) is 8.46. The summed E-state index contributed by atoms with van der Waals surface area (Å²) >= 11 is 3.46. The van der Waals surface area contributed by atoms with Crippen LogP contribution in [0.2, 0.25) is 0 Å². The lowest BCUT2D eigenvalue weighted by molar-refractivity contribution is -0.114. The average molecular weight is 419 g/mol. The smallest absolute Gasteiger partial charge is 0.255 e. The maximum atomic E-state index is 12.4. The van der Waals surface area contributed by atoms with Gasteiger partial charge in [-0.15, -0.1) is 0 Å². The fourth-order valence-electron chi connectivity index (χ4n) is 2.21. The summed E-state index contributed by atoms with van der Waals surface area (Å²) in [6.45, 7) is 6.38. The van der Waals surface area contributed by atoms with Gasteiger partial charge >= 0.3 is 0 Å². The lowest BCUT2D eigenvalue weighted by atomic mass is 10.1. The third kappa shape index (κ3) is 6.19. The Kier molecular flexibility index (Phi) is 7.21. The van der Waals surface area contributed by atoms with Gasteiger partial charge in [0.05, 0.1) is 11.1 Å². The van der Waals surface area contributed by atoms with Crippen LogP contribution in [0.1, 0.15) is 37.6 Å². The van der Waals surface area contributed by atoms with Crippen molar-refractivity contribution in [3.63, 3.8) is 0 Å². The normalized spacial score (nSPS) is 10.5. The number of hydrogen-bond donors (Lipinski definition) is 2. The molecule has 0 aliphatic heterocycles. The van der Waals surface area contributed by atoms with Gasteiger partial charge in [-0.3, -0.25) is 9.59 Å². The molecule has 2 aromatic rings. The van der Waals surface area contributed by atoms with Crippen molar-refractivity contribution in [2.24, 2.45) is 5.92 Å². The number of anilines is 2. The van der Waals surface area contributed by atoms with Crippen LogP contribution in [-0.2, 0) is 4.79 Å². The second-order valence-electron chi connectivity index (χ2n) is 6.39. The molecule has 6 heteroatoms. The van der Waals surface area contributed by atoms with Crippen molar-refractivity contribution in [3.05, 3.63) is 52.5 Å². The van der Waals surface area contributed by atoms with Gasteiger partial charge in [0.2, 0.25) is 5.91 Å². The van der Waals surface area contributed by atoms with Gasteiger partial charge in [0.15, 0.2) is 0 Å². The van der Waals surface area contributed by atoms with Crippen LogP contribution >= 0.6 is 15.9 Å². The maximum absolute atomic E-state index is 12.4. The van der Waals surface area contributed by atoms with E-state index in [4.69, 9.17) is 4.74 Å². The standard InChI is InChI=1S/C20H23BrN2O3/c1-13(2)10-11-26-19-9-4-15(12-18(19)21)20(25)23-17-7-5-16(6-8-17)22-14(3)24/h4-9,12-13H,10-11H2,1-3H3,(H,22,24)(H,23,25). The van der Waals surface area contributed by atoms with E-state index in [9.17, 15) is 9.59 Å². The highest BCUT2D eigenvalue weighted by Crippen LogP contribution is 2.27. The number of halogens is 1. The lowest BCUT2D eigenvalue weighted by Gasteiger charge is -2.11. The van der Waals surface area contributed by atoms with Crippen LogP contribution < -0.4 is 15.4 Å². The van der Waals surface area contributed by atoms with E-state index in [1.165, 1.54) is 6.92 Å². The Labute approximate surface area is 162 Å². The summed E-state index contributed by atoms with van der Waals surface area (Å²) in [5.74, 6) is 0.951. The summed E-state index contributed by atoms with van der Waals surface area (Å²) < 4.78 is 6.48. The molecule has 0 fully saturated rings. The summed E-state index contributed by atoms with van der Waals surface area (Å²) in [5.41, 5.74) is 1.86. The predicted molar refractivity (Wildman–Crippen MR) is 108 cm³/mol. The van der Waals surface area contributed by atoms with Crippen LogP contribution in [-0.4, -0.2) is 18.4 Å². The van der Waals surface area contributed by atoms with E-state index in [0.717, 1.165) is 16.6 Å². The molecule has 0 unspecified atom stereocenters. The highest BCUT2D eigenvalue weighted by Gasteiger charge is 2.10. The van der Waals surface area contributed by atoms with E-state index < -0.39 is 0 Å². The number of ether oxygens (including phenoxy) is 1. The molecule has 0 aliphatic rings. The van der Waals surface area contributed by atoms with Gasteiger partial charge in [-0.2, -0.15) is 0 Å². The first-order valence-corrected chi connectivity index (χ1v) is 9.26. The number of carbonyl (C=O) groups is 2. The number of benzene rings is 2. The minimum Gasteiger partial charge on any atom is -0.492 e. The second-order valence-corrected chi connectivity index (χ2v) is 7.24. The number of amides is 2. The minimum atomic E-state index is -0.216. The third-order valence-corrected chi connectivity index (χ3v) is 4.23. The molecule has 0 aromatic heterocycles. The van der Waals surface area contributed by atoms with Crippen molar-refractivity contribution < 1.29 is 14.3 Å². The second kappa shape index (κ2) is 9.38. The SMILES string of the molecule is CC(=O)Nc1ccc(NC(=O)c2ccc(OCCC(C)C)c(Br)c2)cc1. The highest BCUT2D eigenvalue weighted by molar-refractivity contribution is 9.10. The molecule has 2 rings (SSSR count). The van der Waals surface area contributed by atoms with Gasteiger partial charge in [-0.25, -0.2) is 0 Å². The Hall–Kier alpha value is -2.34. The molecule has 0 atom stereocenters. The highest BCUT2D eigenvalue weighted by atomic mass is 79.9. The summed E-state index contributed by atoms with van der Waals surface area (Å²) in [4.78, 5) is 23.4. The third-order valence-electron chi connectivity index (χ3n) is 3.61. The van der Waals surface area contributed by atoms with Crippen molar-refractivity contribution in [3.8, 4) is 5.75 Å². The molecule has 0 spiro atoms. The van der Waals surface area contributed by atoms with E-state index in [2.05, 4.69) is 40.4 Å². The molecule has 0 saturated heterocycles. The summed E-state index contributed by atoms with van der Waals surface area (Å²) in [7, 11) is 0. The van der Waals surface area contributed by atoms with Crippen molar-refractivity contribution in [1.29, 1.82) is 0 Å². The quantitative estimate of drug-likeness (QED) is 0.658. The lowest BCUT2D eigenvalue weighted by Crippen LogP contribution is -2.12. The number of hydrogen-bond acceptors (Lipinski definition) is 3. The van der Waals surface area contributed by atoms with E-state index >= 15 is 0 Å². The van der Waals surface area contributed by atoms with Gasteiger partial charge < -0.3 is 15.4 Å². The van der Waals surface area contributed by atoms with Gasteiger partial charge in [-0.05, 0) is 70.7 Å². The fraction of sp³-hybridized carbons (Fsp3) is 0.300. The molecule has 0 heterocycles.